The lowest BCUT2D eigenvalue weighted by molar-refractivity contribution is -0.240. The van der Waals surface area contributed by atoms with Crippen molar-refractivity contribution in [2.45, 2.75) is 146 Å². The Hall–Kier alpha value is -3.45. The molecule has 51 heavy (non-hydrogen) atoms. The summed E-state index contributed by atoms with van der Waals surface area (Å²) in [7, 11) is 0. The van der Waals surface area contributed by atoms with E-state index < -0.39 is 34.8 Å². The fourth-order valence-corrected chi connectivity index (χ4v) is 10.7. The summed E-state index contributed by atoms with van der Waals surface area (Å²) in [5.74, 6) is -1.46. The molecule has 0 saturated heterocycles. The van der Waals surface area contributed by atoms with Gasteiger partial charge in [-0.05, 0) is 118 Å². The molecule has 0 bridgehead atoms. The van der Waals surface area contributed by atoms with Crippen LogP contribution in [0.1, 0.15) is 128 Å². The molecule has 10 unspecified atom stereocenters. The normalized spacial score (nSPS) is 34.7. The Bertz CT molecular complexity index is 1480. The number of aliphatic carboxylic acids is 1. The number of esters is 1. The van der Waals surface area contributed by atoms with Crippen LogP contribution in [0.15, 0.2) is 32.6 Å². The number of carbonyl (C=O) groups is 3. The van der Waals surface area contributed by atoms with Crippen molar-refractivity contribution >= 4 is 23.8 Å². The molecule has 1 amide bonds. The predicted octanol–water partition coefficient (Wildman–Crippen LogP) is 3.73. The molecule has 1 aromatic heterocycles. The van der Waals surface area contributed by atoms with Crippen LogP contribution in [-0.4, -0.2) is 69.5 Å². The number of rotatable bonds is 15. The van der Waals surface area contributed by atoms with Crippen LogP contribution >= 0.6 is 0 Å². The first-order valence-corrected chi connectivity index (χ1v) is 18.9. The quantitative estimate of drug-likeness (QED) is 0.0664. The molecular formula is C38H58N4O9. The molecule has 0 aliphatic heterocycles. The number of fused-ring (bicyclic) bond motifs is 5. The van der Waals surface area contributed by atoms with Gasteiger partial charge < -0.3 is 41.3 Å². The van der Waals surface area contributed by atoms with Gasteiger partial charge >= 0.3 is 17.6 Å². The van der Waals surface area contributed by atoms with Crippen LogP contribution in [0.25, 0.3) is 0 Å². The van der Waals surface area contributed by atoms with E-state index in [-0.39, 0.29) is 60.0 Å². The van der Waals surface area contributed by atoms with Crippen LogP contribution in [0.5, 0.6) is 0 Å². The zero-order valence-electron chi connectivity index (χ0n) is 30.2. The largest absolute Gasteiger partial charge is 0.480 e. The molecule has 1 heterocycles. The number of nitrogens with zero attached hydrogens (tertiary/aromatic N) is 1. The number of carboxylic acid groups (broad SMARTS) is 1. The fourth-order valence-electron chi connectivity index (χ4n) is 10.7. The minimum absolute atomic E-state index is 0.00134. The molecule has 0 radical (unpaired) electrons. The number of unbranched alkanes of at least 4 members (excludes halogenated alkanes) is 3. The fraction of sp³-hybridized carbons (Fsp3) is 0.763. The summed E-state index contributed by atoms with van der Waals surface area (Å²) in [6, 6.07) is 2.25. The maximum absolute atomic E-state index is 12.8. The van der Waals surface area contributed by atoms with Gasteiger partial charge in [0, 0.05) is 30.9 Å². The van der Waals surface area contributed by atoms with Gasteiger partial charge in [-0.1, -0.05) is 26.7 Å². The summed E-state index contributed by atoms with van der Waals surface area (Å²) < 4.78 is 11.2. The molecule has 1 aromatic rings. The Kier molecular flexibility index (Phi) is 12.2. The number of carboxylic acids is 1. The number of aliphatic hydroxyl groups is 2. The molecule has 0 aromatic carbocycles. The number of nitrogens with two attached hydrogens (primary N) is 2. The zero-order chi connectivity index (χ0) is 37.0. The van der Waals surface area contributed by atoms with Gasteiger partial charge in [0.1, 0.15) is 12.1 Å². The van der Waals surface area contributed by atoms with E-state index in [4.69, 9.17) is 20.6 Å². The second-order valence-electron chi connectivity index (χ2n) is 16.2. The third-order valence-electron chi connectivity index (χ3n) is 13.3. The molecule has 4 aliphatic rings. The van der Waals surface area contributed by atoms with Crippen molar-refractivity contribution < 1.29 is 38.9 Å². The number of nitrogens with one attached hydrogen (secondary N) is 1. The van der Waals surface area contributed by atoms with Crippen LogP contribution in [-0.2, 0) is 19.1 Å². The molecule has 284 valence electrons. The van der Waals surface area contributed by atoms with Gasteiger partial charge in [0.25, 0.3) is 0 Å². The molecule has 4 saturated carbocycles. The topological polar surface area (TPSA) is 228 Å². The molecule has 0 spiro atoms. The first kappa shape index (κ1) is 38.8. The van der Waals surface area contributed by atoms with Crippen molar-refractivity contribution in [1.82, 2.24) is 5.32 Å². The molecular weight excluding hydrogens is 656 g/mol. The molecule has 10 atom stereocenters. The molecule has 4 fully saturated rings. The summed E-state index contributed by atoms with van der Waals surface area (Å²) in [5.41, 5.74) is 9.45. The minimum Gasteiger partial charge on any atom is -0.480 e. The zero-order valence-corrected chi connectivity index (χ0v) is 30.2. The third kappa shape index (κ3) is 8.29. The minimum atomic E-state index is -1.10. The highest BCUT2D eigenvalue weighted by Crippen LogP contribution is 2.70. The van der Waals surface area contributed by atoms with Crippen molar-refractivity contribution in [3.63, 3.8) is 0 Å². The highest BCUT2D eigenvalue weighted by molar-refractivity contribution is 5.83. The van der Waals surface area contributed by atoms with E-state index in [0.29, 0.717) is 51.0 Å². The van der Waals surface area contributed by atoms with Crippen LogP contribution < -0.4 is 22.4 Å². The summed E-state index contributed by atoms with van der Waals surface area (Å²) in [5, 5.41) is 36.3. The lowest BCUT2D eigenvalue weighted by atomic mass is 9.42. The standard InChI is InChI=1S/C38H58N4O9/c1-36-17-15-25(51-32(46)10-6-4-3-5-9-30(44)42-28(34(47)48)8-7-19-41-35(39)40)20-24(36)12-13-27-33(36)29(43)21-37(2)26(16-18-38(27,37)49)23-11-14-31(45)50-22-23/h11,14,22,24-29,33,43,49H,3-10,12-13,15-21H2,1-2H3,(H,42,44)(H,47,48)(H4,39,40,41). The number of ether oxygens (including phenoxy) is 1. The van der Waals surface area contributed by atoms with Crippen molar-refractivity contribution in [2.24, 2.45) is 45.0 Å². The van der Waals surface area contributed by atoms with E-state index in [1.54, 1.807) is 6.07 Å². The van der Waals surface area contributed by atoms with E-state index in [1.807, 2.05) is 0 Å². The lowest BCUT2D eigenvalue weighted by Gasteiger charge is -2.65. The average Bonchev–Trinajstić information content (AvgIpc) is 3.34. The SMILES string of the molecule is CC12CCC(OC(=O)CCCCCCC(=O)NC(CCCN=C(N)N)C(=O)O)CC1CCC1C2C(O)CC2(C)C(c3ccc(=O)oc3)CCC12O. The van der Waals surface area contributed by atoms with Gasteiger partial charge in [0.05, 0.1) is 18.0 Å². The van der Waals surface area contributed by atoms with Crippen LogP contribution in [0.2, 0.25) is 0 Å². The van der Waals surface area contributed by atoms with E-state index in [1.165, 1.54) is 12.3 Å². The Labute approximate surface area is 300 Å². The Morgan fingerprint density at radius 2 is 1.78 bits per heavy atom. The Morgan fingerprint density at radius 1 is 1.04 bits per heavy atom. The number of aliphatic imine (C=N–C) groups is 1. The van der Waals surface area contributed by atoms with Gasteiger partial charge in [-0.25, -0.2) is 9.59 Å². The van der Waals surface area contributed by atoms with Crippen LogP contribution in [0, 0.1) is 28.6 Å². The summed E-state index contributed by atoms with van der Waals surface area (Å²) in [6.07, 6.45) is 10.7. The maximum Gasteiger partial charge on any atom is 0.335 e. The first-order chi connectivity index (χ1) is 24.2. The van der Waals surface area contributed by atoms with Gasteiger partial charge in [0.15, 0.2) is 5.96 Å². The van der Waals surface area contributed by atoms with E-state index in [9.17, 15) is 34.5 Å². The average molecular weight is 715 g/mol. The van der Waals surface area contributed by atoms with E-state index >= 15 is 0 Å². The number of hydrogen-bond acceptors (Lipinski definition) is 9. The number of hydrogen-bond donors (Lipinski definition) is 6. The van der Waals surface area contributed by atoms with Gasteiger partial charge in [0.2, 0.25) is 5.91 Å². The molecule has 13 nitrogen and oxygen atoms in total. The van der Waals surface area contributed by atoms with Crippen molar-refractivity contribution in [3.05, 3.63) is 34.4 Å². The lowest BCUT2D eigenvalue weighted by Crippen LogP contribution is -2.66. The predicted molar refractivity (Wildman–Crippen MR) is 189 cm³/mol. The summed E-state index contributed by atoms with van der Waals surface area (Å²) in [4.78, 5) is 52.0. The molecule has 4 aliphatic carbocycles. The summed E-state index contributed by atoms with van der Waals surface area (Å²) >= 11 is 0. The van der Waals surface area contributed by atoms with Crippen LogP contribution in [0.4, 0.5) is 0 Å². The number of guanidine groups is 1. The monoisotopic (exact) mass is 714 g/mol. The van der Waals surface area contributed by atoms with Gasteiger partial charge in [-0.2, -0.15) is 0 Å². The number of amides is 1. The van der Waals surface area contributed by atoms with Gasteiger partial charge in [-0.15, -0.1) is 0 Å². The van der Waals surface area contributed by atoms with Crippen molar-refractivity contribution in [2.75, 3.05) is 6.54 Å². The Balaban J connectivity index is 1.04. The van der Waals surface area contributed by atoms with Crippen molar-refractivity contribution in [3.8, 4) is 0 Å². The number of aliphatic hydroxyl groups excluding tert-OH is 1. The number of carbonyl (C=O) groups excluding carboxylic acids is 2. The Morgan fingerprint density at radius 3 is 2.47 bits per heavy atom. The van der Waals surface area contributed by atoms with E-state index in [0.717, 1.165) is 56.9 Å². The first-order valence-electron chi connectivity index (χ1n) is 18.9. The highest BCUT2D eigenvalue weighted by Gasteiger charge is 2.69. The highest BCUT2D eigenvalue weighted by atomic mass is 16.5. The molecule has 13 heteroatoms. The van der Waals surface area contributed by atoms with E-state index in [2.05, 4.69) is 24.2 Å². The second kappa shape index (κ2) is 16.1. The maximum atomic E-state index is 12.8. The second-order valence-corrected chi connectivity index (χ2v) is 16.2. The smallest absolute Gasteiger partial charge is 0.335 e. The van der Waals surface area contributed by atoms with Crippen LogP contribution in [0.3, 0.4) is 0 Å². The summed E-state index contributed by atoms with van der Waals surface area (Å²) in [6.45, 7) is 4.68. The molecule has 8 N–H and O–H groups in total. The van der Waals surface area contributed by atoms with Gasteiger partial charge in [-0.3, -0.25) is 14.6 Å². The van der Waals surface area contributed by atoms with Crippen molar-refractivity contribution in [1.29, 1.82) is 0 Å². The third-order valence-corrected chi connectivity index (χ3v) is 13.3. The molecule has 5 rings (SSSR count).